The Bertz CT molecular complexity index is 398. The third-order valence-electron chi connectivity index (χ3n) is 2.12. The van der Waals surface area contributed by atoms with Gasteiger partial charge < -0.3 is 15.8 Å². The van der Waals surface area contributed by atoms with E-state index in [2.05, 4.69) is 26.2 Å². The molecule has 1 amide bonds. The Balaban J connectivity index is 2.61. The topological polar surface area (TPSA) is 77.2 Å². The minimum atomic E-state index is -0.197. The zero-order valence-electron chi connectivity index (χ0n) is 9.87. The minimum absolute atomic E-state index is 0.0121. The summed E-state index contributed by atoms with van der Waals surface area (Å²) >= 11 is 3.26. The monoisotopic (exact) mass is 301 g/mol. The van der Waals surface area contributed by atoms with Crippen molar-refractivity contribution in [3.8, 4) is 0 Å². The Labute approximate surface area is 109 Å². The highest BCUT2D eigenvalue weighted by atomic mass is 79.9. The fraction of sp³-hybridized carbons (Fsp3) is 0.455. The molecule has 3 N–H and O–H groups in total. The van der Waals surface area contributed by atoms with E-state index in [0.717, 1.165) is 0 Å². The number of nitrogens with one attached hydrogen (secondary N) is 1. The van der Waals surface area contributed by atoms with Crippen LogP contribution in [0.15, 0.2) is 16.7 Å². The van der Waals surface area contributed by atoms with Crippen molar-refractivity contribution in [3.05, 3.63) is 22.3 Å². The van der Waals surface area contributed by atoms with E-state index in [1.54, 1.807) is 0 Å². The molecule has 0 aliphatic rings. The molecule has 0 radical (unpaired) electrons. The summed E-state index contributed by atoms with van der Waals surface area (Å²) in [7, 11) is 0. The quantitative estimate of drug-likeness (QED) is 0.865. The second-order valence-corrected chi connectivity index (χ2v) is 4.42. The molecular weight excluding hydrogens is 286 g/mol. The van der Waals surface area contributed by atoms with Crippen molar-refractivity contribution < 1.29 is 9.53 Å². The van der Waals surface area contributed by atoms with Crippen molar-refractivity contribution in [3.63, 3.8) is 0 Å². The van der Waals surface area contributed by atoms with Gasteiger partial charge in [-0.05, 0) is 35.8 Å². The molecule has 1 unspecified atom stereocenters. The van der Waals surface area contributed by atoms with E-state index in [-0.39, 0.29) is 12.0 Å². The number of carbonyl (C=O) groups excluding carboxylic acids is 1. The Kier molecular flexibility index (Phi) is 5.37. The maximum Gasteiger partial charge on any atom is 0.252 e. The average molecular weight is 302 g/mol. The summed E-state index contributed by atoms with van der Waals surface area (Å²) in [6.07, 6.45) is 1.50. The minimum Gasteiger partial charge on any atom is -0.384 e. The molecule has 1 heterocycles. The number of hydrogen-bond donors (Lipinski definition) is 2. The third-order valence-corrected chi connectivity index (χ3v) is 2.75. The van der Waals surface area contributed by atoms with Crippen LogP contribution >= 0.6 is 15.9 Å². The van der Waals surface area contributed by atoms with E-state index >= 15 is 0 Å². The van der Waals surface area contributed by atoms with Gasteiger partial charge in [-0.15, -0.1) is 0 Å². The first-order chi connectivity index (χ1) is 8.04. The molecular formula is C11H16BrN3O2. The van der Waals surface area contributed by atoms with E-state index in [9.17, 15) is 4.79 Å². The first kappa shape index (κ1) is 13.9. The van der Waals surface area contributed by atoms with Crippen molar-refractivity contribution in [1.82, 2.24) is 10.3 Å². The number of aromatic nitrogens is 1. The number of halogens is 1. The average Bonchev–Trinajstić information content (AvgIpc) is 2.29. The fourth-order valence-corrected chi connectivity index (χ4v) is 1.70. The molecule has 0 aromatic carbocycles. The van der Waals surface area contributed by atoms with Gasteiger partial charge in [-0.2, -0.15) is 0 Å². The Morgan fingerprint density at radius 1 is 1.71 bits per heavy atom. The van der Waals surface area contributed by atoms with Crippen LogP contribution < -0.4 is 11.1 Å². The SMILES string of the molecule is CCOC(C)CNC(=O)c1cc(N)ncc1Br. The van der Waals surface area contributed by atoms with Crippen LogP contribution in [0, 0.1) is 0 Å². The number of ether oxygens (including phenoxy) is 1. The highest BCUT2D eigenvalue weighted by molar-refractivity contribution is 9.10. The first-order valence-electron chi connectivity index (χ1n) is 5.35. The predicted molar refractivity (Wildman–Crippen MR) is 69.8 cm³/mol. The molecule has 94 valence electrons. The van der Waals surface area contributed by atoms with E-state index in [0.29, 0.717) is 29.0 Å². The number of nitrogens with zero attached hydrogens (tertiary/aromatic N) is 1. The van der Waals surface area contributed by atoms with Gasteiger partial charge in [-0.3, -0.25) is 4.79 Å². The standard InChI is InChI=1S/C11H16BrN3O2/c1-3-17-7(2)5-15-11(16)8-4-10(13)14-6-9(8)12/h4,6-7H,3,5H2,1-2H3,(H2,13,14)(H,15,16). The van der Waals surface area contributed by atoms with Gasteiger partial charge in [0.15, 0.2) is 0 Å². The molecule has 0 fully saturated rings. The van der Waals surface area contributed by atoms with Crippen molar-refractivity contribution in [2.75, 3.05) is 18.9 Å². The Morgan fingerprint density at radius 2 is 2.41 bits per heavy atom. The molecule has 0 spiro atoms. The maximum absolute atomic E-state index is 11.8. The Morgan fingerprint density at radius 3 is 3.06 bits per heavy atom. The Hall–Kier alpha value is -1.14. The molecule has 17 heavy (non-hydrogen) atoms. The predicted octanol–water partition coefficient (Wildman–Crippen LogP) is 1.58. The van der Waals surface area contributed by atoms with Gasteiger partial charge in [-0.1, -0.05) is 0 Å². The number of hydrogen-bond acceptors (Lipinski definition) is 4. The van der Waals surface area contributed by atoms with Crippen molar-refractivity contribution in [2.24, 2.45) is 0 Å². The molecule has 5 nitrogen and oxygen atoms in total. The molecule has 1 atom stereocenters. The number of nitrogens with two attached hydrogens (primary N) is 1. The summed E-state index contributed by atoms with van der Waals surface area (Å²) in [5.41, 5.74) is 6.01. The van der Waals surface area contributed by atoms with Crippen LogP contribution in [0.25, 0.3) is 0 Å². The molecule has 0 aliphatic heterocycles. The maximum atomic E-state index is 11.8. The summed E-state index contributed by atoms with van der Waals surface area (Å²) in [5, 5.41) is 2.77. The highest BCUT2D eigenvalue weighted by Gasteiger charge is 2.12. The lowest BCUT2D eigenvalue weighted by Gasteiger charge is -2.13. The van der Waals surface area contributed by atoms with Gasteiger partial charge in [0, 0.05) is 23.8 Å². The van der Waals surface area contributed by atoms with Crippen LogP contribution in [0.1, 0.15) is 24.2 Å². The lowest BCUT2D eigenvalue weighted by Crippen LogP contribution is -2.32. The van der Waals surface area contributed by atoms with Crippen molar-refractivity contribution >= 4 is 27.7 Å². The lowest BCUT2D eigenvalue weighted by molar-refractivity contribution is 0.0695. The first-order valence-corrected chi connectivity index (χ1v) is 6.14. The van der Waals surface area contributed by atoms with Gasteiger partial charge >= 0.3 is 0 Å². The lowest BCUT2D eigenvalue weighted by atomic mass is 10.2. The molecule has 1 aromatic heterocycles. The van der Waals surface area contributed by atoms with Gasteiger partial charge in [-0.25, -0.2) is 4.98 Å². The molecule has 1 aromatic rings. The van der Waals surface area contributed by atoms with E-state index < -0.39 is 0 Å². The third kappa shape index (κ3) is 4.32. The molecule has 0 aliphatic carbocycles. The van der Waals surface area contributed by atoms with Crippen LogP contribution in [-0.2, 0) is 4.74 Å². The van der Waals surface area contributed by atoms with Crippen LogP contribution in [0.3, 0.4) is 0 Å². The number of anilines is 1. The molecule has 0 saturated carbocycles. The zero-order valence-corrected chi connectivity index (χ0v) is 11.5. The summed E-state index contributed by atoms with van der Waals surface area (Å²) in [4.78, 5) is 15.7. The van der Waals surface area contributed by atoms with Crippen LogP contribution in [0.5, 0.6) is 0 Å². The van der Waals surface area contributed by atoms with Crippen molar-refractivity contribution in [1.29, 1.82) is 0 Å². The van der Waals surface area contributed by atoms with Crippen LogP contribution in [0.2, 0.25) is 0 Å². The van der Waals surface area contributed by atoms with E-state index in [4.69, 9.17) is 10.5 Å². The fourth-order valence-electron chi connectivity index (χ4n) is 1.30. The largest absolute Gasteiger partial charge is 0.384 e. The highest BCUT2D eigenvalue weighted by Crippen LogP contribution is 2.17. The number of carbonyl (C=O) groups is 1. The number of amides is 1. The second kappa shape index (κ2) is 6.56. The number of pyridine rings is 1. The number of nitrogen functional groups attached to an aromatic ring is 1. The van der Waals surface area contributed by atoms with Crippen LogP contribution in [0.4, 0.5) is 5.82 Å². The van der Waals surface area contributed by atoms with Crippen molar-refractivity contribution in [2.45, 2.75) is 20.0 Å². The zero-order chi connectivity index (χ0) is 12.8. The molecule has 1 rings (SSSR count). The summed E-state index contributed by atoms with van der Waals surface area (Å²) in [6.45, 7) is 4.91. The smallest absolute Gasteiger partial charge is 0.252 e. The van der Waals surface area contributed by atoms with E-state index in [1.807, 2.05) is 13.8 Å². The number of rotatable bonds is 5. The van der Waals surface area contributed by atoms with Gasteiger partial charge in [0.2, 0.25) is 0 Å². The summed E-state index contributed by atoms with van der Waals surface area (Å²) < 4.78 is 5.94. The van der Waals surface area contributed by atoms with Gasteiger partial charge in [0.05, 0.1) is 11.7 Å². The summed E-state index contributed by atoms with van der Waals surface area (Å²) in [5.74, 6) is 0.119. The molecule has 6 heteroatoms. The van der Waals surface area contributed by atoms with Gasteiger partial charge in [0.1, 0.15) is 5.82 Å². The normalized spacial score (nSPS) is 12.2. The molecule has 0 saturated heterocycles. The van der Waals surface area contributed by atoms with E-state index in [1.165, 1.54) is 12.3 Å². The van der Waals surface area contributed by atoms with Gasteiger partial charge in [0.25, 0.3) is 5.91 Å². The molecule has 0 bridgehead atoms. The second-order valence-electron chi connectivity index (χ2n) is 3.56. The van der Waals surface area contributed by atoms with Crippen LogP contribution in [-0.4, -0.2) is 30.1 Å². The summed E-state index contributed by atoms with van der Waals surface area (Å²) in [6, 6.07) is 1.53.